The highest BCUT2D eigenvalue weighted by Gasteiger charge is 2.26. The Labute approximate surface area is 114 Å². The van der Waals surface area contributed by atoms with E-state index in [0.717, 1.165) is 36.3 Å². The number of hydrogen-bond donors (Lipinski definition) is 0. The van der Waals surface area contributed by atoms with Crippen LogP contribution in [0.1, 0.15) is 18.5 Å². The normalized spacial score (nSPS) is 22.3. The van der Waals surface area contributed by atoms with Gasteiger partial charge < -0.3 is 4.90 Å². The summed E-state index contributed by atoms with van der Waals surface area (Å²) < 4.78 is 0. The van der Waals surface area contributed by atoms with Gasteiger partial charge in [0.2, 0.25) is 0 Å². The van der Waals surface area contributed by atoms with Gasteiger partial charge in [-0.15, -0.1) is 0 Å². The molecular weight excluding hydrogens is 246 g/mol. The van der Waals surface area contributed by atoms with E-state index in [4.69, 9.17) is 11.6 Å². The lowest BCUT2D eigenvalue weighted by molar-refractivity contribution is 0.122. The molecule has 2 fully saturated rings. The van der Waals surface area contributed by atoms with E-state index in [1.54, 1.807) is 6.20 Å². The van der Waals surface area contributed by atoms with Crippen LogP contribution < -0.4 is 0 Å². The first-order chi connectivity index (χ1) is 8.79. The van der Waals surface area contributed by atoms with Gasteiger partial charge in [0.05, 0.1) is 5.69 Å². The zero-order valence-corrected chi connectivity index (χ0v) is 11.4. The van der Waals surface area contributed by atoms with Gasteiger partial charge in [-0.1, -0.05) is 11.6 Å². The fourth-order valence-corrected chi connectivity index (χ4v) is 2.74. The Hall–Kier alpha value is -0.640. The molecule has 1 saturated heterocycles. The molecule has 18 heavy (non-hydrogen) atoms. The Morgan fingerprint density at radius 3 is 2.56 bits per heavy atom. The highest BCUT2D eigenvalue weighted by atomic mass is 35.5. The summed E-state index contributed by atoms with van der Waals surface area (Å²) in [5, 5.41) is 0.785. The van der Waals surface area contributed by atoms with Gasteiger partial charge in [0.15, 0.2) is 0 Å². The third kappa shape index (κ3) is 3.44. The molecule has 0 amide bonds. The van der Waals surface area contributed by atoms with Crippen molar-refractivity contribution < 1.29 is 0 Å². The molecule has 1 aliphatic carbocycles. The Morgan fingerprint density at radius 2 is 1.89 bits per heavy atom. The van der Waals surface area contributed by atoms with E-state index in [-0.39, 0.29) is 0 Å². The number of nitrogens with zero attached hydrogens (tertiary/aromatic N) is 3. The van der Waals surface area contributed by atoms with E-state index in [1.165, 1.54) is 32.5 Å². The standard InChI is InChI=1S/C14H20ClN3/c15-13-3-4-16-14(9-13)11-18-7-5-17(6-8-18)10-12-1-2-12/h3-4,9,12H,1-2,5-8,10-11H2. The Kier molecular flexibility index (Phi) is 3.83. The van der Waals surface area contributed by atoms with Crippen molar-refractivity contribution >= 4 is 11.6 Å². The lowest BCUT2D eigenvalue weighted by Gasteiger charge is -2.34. The van der Waals surface area contributed by atoms with E-state index in [2.05, 4.69) is 14.8 Å². The smallest absolute Gasteiger partial charge is 0.0558 e. The van der Waals surface area contributed by atoms with E-state index in [9.17, 15) is 0 Å². The van der Waals surface area contributed by atoms with Crippen molar-refractivity contribution in [2.45, 2.75) is 19.4 Å². The second kappa shape index (κ2) is 5.55. The molecule has 1 aliphatic heterocycles. The van der Waals surface area contributed by atoms with Gasteiger partial charge in [-0.2, -0.15) is 0 Å². The number of rotatable bonds is 4. The third-order valence-corrected chi connectivity index (χ3v) is 4.08. The lowest BCUT2D eigenvalue weighted by atomic mass is 10.2. The van der Waals surface area contributed by atoms with E-state index in [0.29, 0.717) is 0 Å². The fourth-order valence-electron chi connectivity index (χ4n) is 2.56. The number of pyridine rings is 1. The van der Waals surface area contributed by atoms with Crippen LogP contribution in [0.5, 0.6) is 0 Å². The van der Waals surface area contributed by atoms with Gasteiger partial charge >= 0.3 is 0 Å². The van der Waals surface area contributed by atoms with Crippen molar-refractivity contribution in [2.75, 3.05) is 32.7 Å². The molecule has 1 aromatic heterocycles. The molecule has 0 aromatic carbocycles. The molecule has 3 nitrogen and oxygen atoms in total. The third-order valence-electron chi connectivity index (χ3n) is 3.84. The fraction of sp³-hybridized carbons (Fsp3) is 0.643. The lowest BCUT2D eigenvalue weighted by Crippen LogP contribution is -2.46. The molecule has 0 bridgehead atoms. The Morgan fingerprint density at radius 1 is 1.17 bits per heavy atom. The number of hydrogen-bond acceptors (Lipinski definition) is 3. The highest BCUT2D eigenvalue weighted by Crippen LogP contribution is 2.29. The SMILES string of the molecule is Clc1ccnc(CN2CCN(CC3CC3)CC2)c1. The number of piperazine rings is 1. The molecule has 2 aliphatic rings. The van der Waals surface area contributed by atoms with Crippen LogP contribution in [0.3, 0.4) is 0 Å². The first kappa shape index (κ1) is 12.4. The summed E-state index contributed by atoms with van der Waals surface area (Å²) in [6.07, 6.45) is 4.69. The van der Waals surface area contributed by atoms with Gasteiger partial charge in [-0.05, 0) is 30.9 Å². The van der Waals surface area contributed by atoms with Gasteiger partial charge in [0.1, 0.15) is 0 Å². The largest absolute Gasteiger partial charge is 0.301 e. The van der Waals surface area contributed by atoms with Crippen LogP contribution in [-0.4, -0.2) is 47.5 Å². The summed E-state index contributed by atoms with van der Waals surface area (Å²) in [7, 11) is 0. The van der Waals surface area contributed by atoms with Crippen LogP contribution in [0.15, 0.2) is 18.3 Å². The average Bonchev–Trinajstić information content (AvgIpc) is 3.16. The molecule has 2 heterocycles. The van der Waals surface area contributed by atoms with Crippen molar-refractivity contribution in [1.29, 1.82) is 0 Å². The van der Waals surface area contributed by atoms with Crippen molar-refractivity contribution in [3.8, 4) is 0 Å². The zero-order valence-electron chi connectivity index (χ0n) is 10.7. The minimum atomic E-state index is 0.785. The summed E-state index contributed by atoms with van der Waals surface area (Å²) in [6.45, 7) is 6.97. The van der Waals surface area contributed by atoms with Gasteiger partial charge in [0.25, 0.3) is 0 Å². The molecule has 1 aromatic rings. The van der Waals surface area contributed by atoms with Crippen molar-refractivity contribution in [3.05, 3.63) is 29.0 Å². The monoisotopic (exact) mass is 265 g/mol. The molecule has 0 unspecified atom stereocenters. The maximum Gasteiger partial charge on any atom is 0.0558 e. The molecule has 1 saturated carbocycles. The predicted molar refractivity (Wildman–Crippen MR) is 73.7 cm³/mol. The molecular formula is C14H20ClN3. The molecule has 4 heteroatoms. The zero-order chi connectivity index (χ0) is 12.4. The predicted octanol–water partition coefficient (Wildman–Crippen LogP) is 2.26. The van der Waals surface area contributed by atoms with Crippen molar-refractivity contribution in [3.63, 3.8) is 0 Å². The van der Waals surface area contributed by atoms with Crippen LogP contribution >= 0.6 is 11.6 Å². The van der Waals surface area contributed by atoms with Crippen LogP contribution in [0.2, 0.25) is 5.02 Å². The minimum Gasteiger partial charge on any atom is -0.301 e. The average molecular weight is 266 g/mol. The van der Waals surface area contributed by atoms with Crippen LogP contribution in [-0.2, 0) is 6.54 Å². The molecule has 98 valence electrons. The van der Waals surface area contributed by atoms with E-state index >= 15 is 0 Å². The summed E-state index contributed by atoms with van der Waals surface area (Å²) >= 11 is 5.98. The molecule has 0 N–H and O–H groups in total. The Bertz CT molecular complexity index is 398. The molecule has 0 atom stereocenters. The second-order valence-corrected chi connectivity index (χ2v) is 5.92. The summed E-state index contributed by atoms with van der Waals surface area (Å²) in [5.41, 5.74) is 1.08. The van der Waals surface area contributed by atoms with E-state index < -0.39 is 0 Å². The topological polar surface area (TPSA) is 19.4 Å². The van der Waals surface area contributed by atoms with Crippen molar-refractivity contribution in [2.24, 2.45) is 5.92 Å². The Balaban J connectivity index is 1.47. The maximum atomic E-state index is 5.98. The number of aromatic nitrogens is 1. The summed E-state index contributed by atoms with van der Waals surface area (Å²) in [5.74, 6) is 1.01. The van der Waals surface area contributed by atoms with Crippen molar-refractivity contribution in [1.82, 2.24) is 14.8 Å². The molecule has 0 radical (unpaired) electrons. The van der Waals surface area contributed by atoms with Crippen LogP contribution in [0.25, 0.3) is 0 Å². The van der Waals surface area contributed by atoms with Gasteiger partial charge in [-0.3, -0.25) is 9.88 Å². The highest BCUT2D eigenvalue weighted by molar-refractivity contribution is 6.30. The quantitative estimate of drug-likeness (QED) is 0.833. The van der Waals surface area contributed by atoms with Gasteiger partial charge in [-0.25, -0.2) is 0 Å². The summed E-state index contributed by atoms with van der Waals surface area (Å²) in [6, 6.07) is 3.80. The van der Waals surface area contributed by atoms with Crippen LogP contribution in [0, 0.1) is 5.92 Å². The summed E-state index contributed by atoms with van der Waals surface area (Å²) in [4.78, 5) is 9.46. The number of halogens is 1. The van der Waals surface area contributed by atoms with Crippen LogP contribution in [0.4, 0.5) is 0 Å². The first-order valence-corrected chi connectivity index (χ1v) is 7.22. The second-order valence-electron chi connectivity index (χ2n) is 5.49. The molecule has 3 rings (SSSR count). The minimum absolute atomic E-state index is 0.785. The van der Waals surface area contributed by atoms with Gasteiger partial charge in [0, 0.05) is 50.5 Å². The van der Waals surface area contributed by atoms with E-state index in [1.807, 2.05) is 12.1 Å². The maximum absolute atomic E-state index is 5.98. The first-order valence-electron chi connectivity index (χ1n) is 6.85. The molecule has 0 spiro atoms.